The molecule has 5 fully saturated rings. The summed E-state index contributed by atoms with van der Waals surface area (Å²) in [5.41, 5.74) is 0.962. The third-order valence-electron chi connectivity index (χ3n) is 7.58. The van der Waals surface area contributed by atoms with Crippen LogP contribution in [0.5, 0.6) is 0 Å². The number of amides is 2. The summed E-state index contributed by atoms with van der Waals surface area (Å²) in [5.74, 6) is 2.63. The van der Waals surface area contributed by atoms with Gasteiger partial charge in [0.15, 0.2) is 0 Å². The lowest BCUT2D eigenvalue weighted by molar-refractivity contribution is -0.159. The Bertz CT molecular complexity index is 812. The number of nitrogens with zero attached hydrogens (tertiary/aromatic N) is 3. The van der Waals surface area contributed by atoms with Crippen LogP contribution in [0.3, 0.4) is 0 Å². The summed E-state index contributed by atoms with van der Waals surface area (Å²) in [4.78, 5) is 30.1. The maximum Gasteiger partial charge on any atom is 0.254 e. The van der Waals surface area contributed by atoms with Crippen molar-refractivity contribution in [1.82, 2.24) is 9.80 Å². The Labute approximate surface area is 166 Å². The van der Waals surface area contributed by atoms with E-state index in [0.29, 0.717) is 43.2 Å². The van der Waals surface area contributed by atoms with E-state index in [0.717, 1.165) is 37.0 Å². The lowest BCUT2D eigenvalue weighted by Crippen LogP contribution is -2.58. The first-order valence-corrected chi connectivity index (χ1v) is 10.7. The molecule has 1 aromatic carbocycles. The predicted molar refractivity (Wildman–Crippen MR) is 104 cm³/mol. The highest BCUT2D eigenvalue weighted by atomic mass is 16.2. The van der Waals surface area contributed by atoms with E-state index in [1.165, 1.54) is 19.3 Å². The summed E-state index contributed by atoms with van der Waals surface area (Å²) in [6.07, 6.45) is 7.32. The zero-order chi connectivity index (χ0) is 19.3. The van der Waals surface area contributed by atoms with Gasteiger partial charge in [0.1, 0.15) is 0 Å². The summed E-state index contributed by atoms with van der Waals surface area (Å²) >= 11 is 0. The molecule has 5 nitrogen and oxygen atoms in total. The van der Waals surface area contributed by atoms with Crippen molar-refractivity contribution in [1.29, 1.82) is 5.26 Å². The second-order valence-electron chi connectivity index (χ2n) is 9.47. The van der Waals surface area contributed by atoms with E-state index in [-0.39, 0.29) is 11.3 Å². The molecule has 4 aliphatic carbocycles. The molecule has 5 heteroatoms. The van der Waals surface area contributed by atoms with Crippen LogP contribution in [0.1, 0.15) is 54.4 Å². The number of nitriles is 1. The van der Waals surface area contributed by atoms with Gasteiger partial charge in [0.2, 0.25) is 5.91 Å². The van der Waals surface area contributed by atoms with Gasteiger partial charge in [-0.2, -0.15) is 5.26 Å². The van der Waals surface area contributed by atoms with Gasteiger partial charge in [-0.1, -0.05) is 6.07 Å². The predicted octanol–water partition coefficient (Wildman–Crippen LogP) is 3.06. The average molecular weight is 377 g/mol. The van der Waals surface area contributed by atoms with Crippen LogP contribution >= 0.6 is 0 Å². The summed E-state index contributed by atoms with van der Waals surface area (Å²) in [6.45, 7) is 2.41. The smallest absolute Gasteiger partial charge is 0.254 e. The van der Waals surface area contributed by atoms with Crippen LogP contribution in [0.2, 0.25) is 0 Å². The molecule has 0 aromatic heterocycles. The molecule has 2 amide bonds. The van der Waals surface area contributed by atoms with Gasteiger partial charge in [-0.05, 0) is 74.5 Å². The molecule has 4 saturated carbocycles. The van der Waals surface area contributed by atoms with E-state index in [4.69, 9.17) is 5.26 Å². The van der Waals surface area contributed by atoms with Crippen molar-refractivity contribution in [3.05, 3.63) is 35.4 Å². The van der Waals surface area contributed by atoms with Crippen molar-refractivity contribution in [3.63, 3.8) is 0 Å². The molecule has 0 N–H and O–H groups in total. The van der Waals surface area contributed by atoms with E-state index in [1.807, 2.05) is 9.80 Å². The van der Waals surface area contributed by atoms with Crippen LogP contribution in [-0.2, 0) is 4.79 Å². The topological polar surface area (TPSA) is 64.4 Å². The van der Waals surface area contributed by atoms with Crippen molar-refractivity contribution >= 4 is 11.8 Å². The van der Waals surface area contributed by atoms with E-state index in [9.17, 15) is 9.59 Å². The van der Waals surface area contributed by atoms with Crippen LogP contribution in [-0.4, -0.2) is 47.8 Å². The molecule has 6 rings (SSSR count). The standard InChI is InChI=1S/C23H27N3O2/c24-15-16-2-1-3-20(11-16)21(27)25-4-6-26(7-5-25)22(28)23-12-17-8-18(13-23)10-19(9-17)14-23/h1-3,11,17-19H,4-10,12-14H2. The normalized spacial score (nSPS) is 33.6. The van der Waals surface area contributed by atoms with Crippen molar-refractivity contribution in [2.45, 2.75) is 38.5 Å². The van der Waals surface area contributed by atoms with E-state index in [2.05, 4.69) is 6.07 Å². The molecular formula is C23H27N3O2. The quantitative estimate of drug-likeness (QED) is 0.796. The van der Waals surface area contributed by atoms with Gasteiger partial charge < -0.3 is 9.80 Å². The maximum atomic E-state index is 13.5. The molecule has 0 radical (unpaired) electrons. The summed E-state index contributed by atoms with van der Waals surface area (Å²) < 4.78 is 0. The zero-order valence-electron chi connectivity index (χ0n) is 16.3. The van der Waals surface area contributed by atoms with Crippen LogP contribution in [0.25, 0.3) is 0 Å². The van der Waals surface area contributed by atoms with Gasteiger partial charge in [-0.25, -0.2) is 0 Å². The van der Waals surface area contributed by atoms with Gasteiger partial charge >= 0.3 is 0 Å². The van der Waals surface area contributed by atoms with Crippen LogP contribution in [0.15, 0.2) is 24.3 Å². The number of carbonyl (C=O) groups excluding carboxylic acids is 2. The number of hydrogen-bond donors (Lipinski definition) is 0. The van der Waals surface area contributed by atoms with Gasteiger partial charge in [0.05, 0.1) is 17.0 Å². The Morgan fingerprint density at radius 2 is 1.50 bits per heavy atom. The Morgan fingerprint density at radius 1 is 0.929 bits per heavy atom. The Kier molecular flexibility index (Phi) is 4.19. The van der Waals surface area contributed by atoms with Gasteiger partial charge in [0.25, 0.3) is 5.91 Å². The minimum Gasteiger partial charge on any atom is -0.339 e. The summed E-state index contributed by atoms with van der Waals surface area (Å²) in [7, 11) is 0. The average Bonchev–Trinajstić information content (AvgIpc) is 2.72. The van der Waals surface area contributed by atoms with E-state index in [1.54, 1.807) is 24.3 Å². The second kappa shape index (κ2) is 6.62. The molecule has 0 unspecified atom stereocenters. The molecule has 28 heavy (non-hydrogen) atoms. The Balaban J connectivity index is 1.24. The largest absolute Gasteiger partial charge is 0.339 e. The van der Waals surface area contributed by atoms with E-state index < -0.39 is 0 Å². The minimum atomic E-state index is -0.0952. The van der Waals surface area contributed by atoms with Crippen LogP contribution in [0.4, 0.5) is 0 Å². The molecule has 0 spiro atoms. The molecule has 0 atom stereocenters. The highest BCUT2D eigenvalue weighted by Gasteiger charge is 2.55. The molecule has 5 aliphatic rings. The number of benzene rings is 1. The lowest BCUT2D eigenvalue weighted by Gasteiger charge is -2.57. The number of carbonyl (C=O) groups is 2. The molecule has 4 bridgehead atoms. The highest BCUT2D eigenvalue weighted by molar-refractivity contribution is 5.94. The fourth-order valence-corrected chi connectivity index (χ4v) is 6.72. The van der Waals surface area contributed by atoms with E-state index >= 15 is 0 Å². The van der Waals surface area contributed by atoms with Gasteiger partial charge in [0, 0.05) is 31.7 Å². The minimum absolute atomic E-state index is 0.0426. The Morgan fingerprint density at radius 3 is 2.07 bits per heavy atom. The van der Waals surface area contributed by atoms with Gasteiger partial charge in [-0.3, -0.25) is 9.59 Å². The van der Waals surface area contributed by atoms with Crippen molar-refractivity contribution < 1.29 is 9.59 Å². The monoisotopic (exact) mass is 377 g/mol. The molecule has 1 aromatic rings. The maximum absolute atomic E-state index is 13.5. The third-order valence-corrected chi connectivity index (χ3v) is 7.58. The molecule has 1 aliphatic heterocycles. The first-order valence-electron chi connectivity index (χ1n) is 10.7. The third kappa shape index (κ3) is 2.90. The van der Waals surface area contributed by atoms with Crippen molar-refractivity contribution in [2.75, 3.05) is 26.2 Å². The number of piperazine rings is 1. The second-order valence-corrected chi connectivity index (χ2v) is 9.47. The molecule has 1 heterocycles. The Hall–Kier alpha value is -2.35. The van der Waals surface area contributed by atoms with Crippen LogP contribution < -0.4 is 0 Å². The molecule has 1 saturated heterocycles. The summed E-state index contributed by atoms with van der Waals surface area (Å²) in [6, 6.07) is 8.95. The van der Waals surface area contributed by atoms with Crippen molar-refractivity contribution in [3.8, 4) is 6.07 Å². The summed E-state index contributed by atoms with van der Waals surface area (Å²) in [5, 5.41) is 9.05. The molecular weight excluding hydrogens is 350 g/mol. The SMILES string of the molecule is N#Cc1cccc(C(=O)N2CCN(C(=O)C34CC5CC(CC(C5)C3)C4)CC2)c1. The number of hydrogen-bond acceptors (Lipinski definition) is 3. The first kappa shape index (κ1) is 17.7. The zero-order valence-corrected chi connectivity index (χ0v) is 16.3. The fourth-order valence-electron chi connectivity index (χ4n) is 6.72. The van der Waals surface area contributed by atoms with Crippen LogP contribution in [0, 0.1) is 34.5 Å². The van der Waals surface area contributed by atoms with Crippen molar-refractivity contribution in [2.24, 2.45) is 23.2 Å². The molecule has 146 valence electrons. The highest BCUT2D eigenvalue weighted by Crippen LogP contribution is 2.60. The fraction of sp³-hybridized carbons (Fsp3) is 0.609. The first-order chi connectivity index (χ1) is 13.6. The number of rotatable bonds is 2. The lowest BCUT2D eigenvalue weighted by atomic mass is 9.49. The van der Waals surface area contributed by atoms with Gasteiger partial charge in [-0.15, -0.1) is 0 Å².